The number of ether oxygens (including phenoxy) is 8. The molecule has 1 fully saturated rings. The Bertz CT molecular complexity index is 1750. The monoisotopic (exact) mass is 1040 g/mol. The smallest absolute Gasteiger partial charge is 0.307 e. The van der Waals surface area contributed by atoms with Gasteiger partial charge in [0.1, 0.15) is 5.78 Å². The van der Waals surface area contributed by atoms with Crippen molar-refractivity contribution >= 4 is 35.3 Å². The zero-order valence-electron chi connectivity index (χ0n) is 45.8. The highest BCUT2D eigenvalue weighted by Gasteiger charge is 2.44. The minimum absolute atomic E-state index is 0.0275. The van der Waals surface area contributed by atoms with Crippen LogP contribution in [0.1, 0.15) is 99.0 Å². The summed E-state index contributed by atoms with van der Waals surface area (Å²) >= 11 is 0. The van der Waals surface area contributed by atoms with Crippen LogP contribution < -0.4 is 11.1 Å². The Hall–Kier alpha value is -3.92. The average Bonchev–Trinajstić information content (AvgIpc) is 3.85. The van der Waals surface area contributed by atoms with Gasteiger partial charge >= 0.3 is 5.97 Å². The predicted molar refractivity (Wildman–Crippen MR) is 276 cm³/mol. The normalized spacial score (nSPS) is 16.9. The predicted octanol–water partition coefficient (Wildman–Crippen LogP) is 4.38. The summed E-state index contributed by atoms with van der Waals surface area (Å²) < 4.78 is 44.7. The molecule has 418 valence electrons. The average molecular weight is 1040 g/mol. The van der Waals surface area contributed by atoms with E-state index in [-0.39, 0.29) is 86.4 Å². The number of likely N-dealkylation sites (N-methyl/N-ethyl adjacent to an activating group) is 1. The molecule has 1 aliphatic rings. The van der Waals surface area contributed by atoms with Crippen LogP contribution in [0.4, 0.5) is 0 Å². The van der Waals surface area contributed by atoms with E-state index in [9.17, 15) is 33.9 Å². The van der Waals surface area contributed by atoms with Gasteiger partial charge in [-0.1, -0.05) is 71.4 Å². The summed E-state index contributed by atoms with van der Waals surface area (Å²) in [6, 6.07) is 8.24. The zero-order valence-corrected chi connectivity index (χ0v) is 45.8. The molecular formula is C54H92N4O15. The number of amides is 3. The van der Waals surface area contributed by atoms with Crippen molar-refractivity contribution in [3.05, 3.63) is 35.9 Å². The molecule has 1 aromatic carbocycles. The van der Waals surface area contributed by atoms with Crippen LogP contribution in [0.2, 0.25) is 0 Å². The largest absolute Gasteiger partial charge is 0.481 e. The number of Topliss-reactive ketones (excluding diaryl/α,β-unsaturated/α-hetero) is 2. The summed E-state index contributed by atoms with van der Waals surface area (Å²) in [6.45, 7) is 18.5. The lowest BCUT2D eigenvalue weighted by atomic mass is 9.82. The number of likely N-dealkylation sites (tertiary alicyclic amines) is 1. The summed E-state index contributed by atoms with van der Waals surface area (Å²) in [6.07, 6.45) is 0.514. The van der Waals surface area contributed by atoms with Crippen LogP contribution in [0, 0.1) is 29.6 Å². The van der Waals surface area contributed by atoms with E-state index in [2.05, 4.69) is 5.32 Å². The van der Waals surface area contributed by atoms with Crippen LogP contribution in [0.25, 0.3) is 0 Å². The van der Waals surface area contributed by atoms with Crippen molar-refractivity contribution < 1.29 is 71.8 Å². The maximum absolute atomic E-state index is 14.5. The van der Waals surface area contributed by atoms with Gasteiger partial charge in [-0.05, 0) is 50.5 Å². The number of nitrogens with one attached hydrogen (secondary N) is 1. The summed E-state index contributed by atoms with van der Waals surface area (Å²) in [4.78, 5) is 85.0. The van der Waals surface area contributed by atoms with E-state index in [1.54, 1.807) is 37.6 Å². The molecular weight excluding hydrogens is 945 g/mol. The highest BCUT2D eigenvalue weighted by Crippen LogP contribution is 2.32. The molecule has 0 unspecified atom stereocenters. The lowest BCUT2D eigenvalue weighted by molar-refractivity contribution is -0.149. The number of aliphatic carboxylic acids is 1. The Balaban J connectivity index is 1.92. The number of ketones is 2. The lowest BCUT2D eigenvalue weighted by Crippen LogP contribution is -2.55. The molecule has 2 rings (SSSR count). The van der Waals surface area contributed by atoms with Gasteiger partial charge in [-0.3, -0.25) is 28.8 Å². The Kier molecular flexibility index (Phi) is 32.3. The quantitative estimate of drug-likeness (QED) is 0.0770. The van der Waals surface area contributed by atoms with E-state index in [1.807, 2.05) is 58.0 Å². The third-order valence-electron chi connectivity index (χ3n) is 13.7. The SMILES string of the molecule is CC[C@H](C)[C@@H]([C@@H](CC(=O)N1CCC[C@H]1[C@H](OC)[C@@H](C)C(=O)C[C@@H](Cc1ccccc1)C(=O)O)OC)N(C)C(=O)[C@@H](CC(=O)C(C)(C)NC(=O)CCOCCOCCOCCOCCOCCOCCN)C(C)C. The molecule has 0 aliphatic carbocycles. The fourth-order valence-corrected chi connectivity index (χ4v) is 9.17. The molecule has 73 heavy (non-hydrogen) atoms. The molecule has 0 saturated carbocycles. The second kappa shape index (κ2) is 36.1. The van der Waals surface area contributed by atoms with Crippen LogP contribution in [0.5, 0.6) is 0 Å². The summed E-state index contributed by atoms with van der Waals surface area (Å²) in [5.74, 6) is -5.07. The Morgan fingerprint density at radius 3 is 1.79 bits per heavy atom. The van der Waals surface area contributed by atoms with Crippen LogP contribution in [0.15, 0.2) is 30.3 Å². The van der Waals surface area contributed by atoms with Crippen molar-refractivity contribution in [3.8, 4) is 0 Å². The number of nitrogens with two attached hydrogens (primary N) is 1. The number of benzene rings is 1. The van der Waals surface area contributed by atoms with Crippen LogP contribution in [-0.4, -0.2) is 194 Å². The van der Waals surface area contributed by atoms with Gasteiger partial charge in [0.2, 0.25) is 17.7 Å². The number of carboxylic acid groups (broad SMARTS) is 1. The van der Waals surface area contributed by atoms with Gasteiger partial charge in [-0.25, -0.2) is 0 Å². The minimum Gasteiger partial charge on any atom is -0.481 e. The van der Waals surface area contributed by atoms with E-state index in [0.717, 1.165) is 5.56 Å². The topological polar surface area (TPSA) is 241 Å². The second-order valence-corrected chi connectivity index (χ2v) is 19.8. The van der Waals surface area contributed by atoms with Crippen molar-refractivity contribution in [2.24, 2.45) is 35.3 Å². The van der Waals surface area contributed by atoms with Crippen molar-refractivity contribution in [2.75, 3.05) is 114 Å². The van der Waals surface area contributed by atoms with Crippen LogP contribution in [0.3, 0.4) is 0 Å². The van der Waals surface area contributed by atoms with Crippen LogP contribution in [-0.2, 0) is 73.1 Å². The first-order valence-corrected chi connectivity index (χ1v) is 26.3. The molecule has 19 heteroatoms. The standard InChI is InChI=1S/C54H92N4O15/c1-11-39(4)50(46(66-9)37-49(62)58-21-15-18-44(58)51(67-10)40(5)45(59)35-42(53(64)65)34-41-16-13-12-14-17-41)57(8)52(63)43(38(2)3)36-47(60)54(6,7)56-48(61)19-22-68-24-26-70-28-30-72-32-33-73-31-29-71-27-25-69-23-20-55/h12-14,16-17,38-40,42-44,46,50-51H,11,15,18-37,55H2,1-10H3,(H,56,61)(H,64,65)/t39-,40-,42+,43-,44-,46+,50-,51+/m0/s1. The maximum atomic E-state index is 14.5. The Labute approximate surface area is 435 Å². The van der Waals surface area contributed by atoms with Crippen LogP contribution >= 0.6 is 0 Å². The van der Waals surface area contributed by atoms with E-state index in [4.69, 9.17) is 43.6 Å². The Morgan fingerprint density at radius 1 is 0.781 bits per heavy atom. The third-order valence-corrected chi connectivity index (χ3v) is 13.7. The molecule has 1 saturated heterocycles. The zero-order chi connectivity index (χ0) is 54.3. The molecule has 3 amide bonds. The van der Waals surface area contributed by atoms with E-state index < -0.39 is 53.6 Å². The maximum Gasteiger partial charge on any atom is 0.307 e. The van der Waals surface area contributed by atoms with Crippen molar-refractivity contribution in [1.29, 1.82) is 0 Å². The number of carboxylic acids is 1. The molecule has 0 radical (unpaired) electrons. The first-order valence-electron chi connectivity index (χ1n) is 26.3. The van der Waals surface area contributed by atoms with Crippen molar-refractivity contribution in [3.63, 3.8) is 0 Å². The van der Waals surface area contributed by atoms with Gasteiger partial charge in [0.15, 0.2) is 5.78 Å². The van der Waals surface area contributed by atoms with E-state index in [1.165, 1.54) is 14.2 Å². The molecule has 1 aromatic rings. The molecule has 4 N–H and O–H groups in total. The summed E-state index contributed by atoms with van der Waals surface area (Å²) in [5, 5.41) is 12.8. The highest BCUT2D eigenvalue weighted by atomic mass is 16.6. The number of hydrogen-bond acceptors (Lipinski definition) is 15. The number of hydrogen-bond donors (Lipinski definition) is 3. The minimum atomic E-state index is -1.27. The van der Waals surface area contributed by atoms with E-state index >= 15 is 0 Å². The second-order valence-electron chi connectivity index (χ2n) is 19.8. The Morgan fingerprint density at radius 2 is 1.32 bits per heavy atom. The molecule has 1 aliphatic heterocycles. The molecule has 0 aromatic heterocycles. The van der Waals surface area contributed by atoms with Gasteiger partial charge in [0, 0.05) is 65.5 Å². The lowest BCUT2D eigenvalue weighted by Gasteiger charge is -2.41. The molecule has 0 spiro atoms. The number of carbonyl (C=O) groups is 6. The van der Waals surface area contributed by atoms with E-state index in [0.29, 0.717) is 98.4 Å². The molecule has 0 bridgehead atoms. The highest BCUT2D eigenvalue weighted by molar-refractivity contribution is 5.95. The first kappa shape index (κ1) is 65.2. The fraction of sp³-hybridized carbons (Fsp3) is 0.778. The summed E-state index contributed by atoms with van der Waals surface area (Å²) in [5.41, 5.74) is 4.92. The number of nitrogens with zero attached hydrogens (tertiary/aromatic N) is 2. The molecule has 1 heterocycles. The molecule has 8 atom stereocenters. The molecule has 19 nitrogen and oxygen atoms in total. The van der Waals surface area contributed by atoms with Gasteiger partial charge in [0.25, 0.3) is 0 Å². The van der Waals surface area contributed by atoms with Gasteiger partial charge in [-0.15, -0.1) is 0 Å². The van der Waals surface area contributed by atoms with Crippen molar-refractivity contribution in [2.45, 2.75) is 130 Å². The number of methoxy groups -OCH3 is 2. The number of rotatable bonds is 42. The van der Waals surface area contributed by atoms with Gasteiger partial charge in [-0.2, -0.15) is 0 Å². The van der Waals surface area contributed by atoms with Crippen molar-refractivity contribution in [1.82, 2.24) is 15.1 Å². The summed E-state index contributed by atoms with van der Waals surface area (Å²) in [7, 11) is 4.72. The number of carbonyl (C=O) groups excluding carboxylic acids is 5. The third kappa shape index (κ3) is 23.7. The van der Waals surface area contributed by atoms with Gasteiger partial charge in [0.05, 0.1) is 121 Å². The van der Waals surface area contributed by atoms with Gasteiger partial charge < -0.3 is 63.9 Å². The fourth-order valence-electron chi connectivity index (χ4n) is 9.17. The first-order chi connectivity index (χ1) is 34.8.